The number of aromatic nitrogens is 3. The van der Waals surface area contributed by atoms with Gasteiger partial charge in [-0.2, -0.15) is 5.10 Å². The number of hydrogen-bond donors (Lipinski definition) is 0. The number of amides is 1. The van der Waals surface area contributed by atoms with Crippen LogP contribution in [-0.2, 0) is 20.4 Å². The number of oxime groups is 1. The highest BCUT2D eigenvalue weighted by Crippen LogP contribution is 2.48. The number of nitrogens with zero attached hydrogens (tertiary/aromatic N) is 5. The van der Waals surface area contributed by atoms with E-state index < -0.39 is 28.5 Å². The van der Waals surface area contributed by atoms with Gasteiger partial charge in [-0.05, 0) is 19.1 Å². The van der Waals surface area contributed by atoms with E-state index in [2.05, 4.69) is 15.2 Å². The molecule has 1 aliphatic carbocycles. The van der Waals surface area contributed by atoms with Crippen LogP contribution >= 0.6 is 11.6 Å². The van der Waals surface area contributed by atoms with E-state index in [1.165, 1.54) is 16.7 Å². The summed E-state index contributed by atoms with van der Waals surface area (Å²) in [5, 5.41) is 7.95. The fourth-order valence-electron chi connectivity index (χ4n) is 2.85. The van der Waals surface area contributed by atoms with Crippen molar-refractivity contribution in [3.63, 3.8) is 0 Å². The maximum Gasteiger partial charge on any atom is 0.277 e. The van der Waals surface area contributed by atoms with Gasteiger partial charge in [-0.1, -0.05) is 16.8 Å². The molecule has 2 aromatic rings. The Morgan fingerprint density at radius 1 is 1.53 bits per heavy atom. The molecule has 2 heterocycles. The average molecular weight is 460 g/mol. The molecule has 1 aliphatic rings. The third-order valence-electron chi connectivity index (χ3n) is 4.50. The Bertz CT molecular complexity index is 970. The van der Waals surface area contributed by atoms with Crippen LogP contribution in [0.3, 0.4) is 0 Å². The van der Waals surface area contributed by atoms with E-state index in [1.54, 1.807) is 37.6 Å². The molecule has 3 rings (SSSR count). The summed E-state index contributed by atoms with van der Waals surface area (Å²) in [4.78, 5) is 23.1. The minimum Gasteiger partial charge on any atom is -0.399 e. The van der Waals surface area contributed by atoms with Gasteiger partial charge >= 0.3 is 0 Å². The van der Waals surface area contributed by atoms with Crippen LogP contribution in [0.5, 0.6) is 0 Å². The molecule has 30 heavy (non-hydrogen) atoms. The molecule has 1 fully saturated rings. The summed E-state index contributed by atoms with van der Waals surface area (Å²) in [7, 11) is -0.447. The van der Waals surface area contributed by atoms with Crippen molar-refractivity contribution in [3.05, 3.63) is 35.9 Å². The molecular weight excluding hydrogens is 440 g/mol. The van der Waals surface area contributed by atoms with Gasteiger partial charge in [0.05, 0.1) is 23.8 Å². The van der Waals surface area contributed by atoms with Crippen molar-refractivity contribution in [2.75, 3.05) is 30.1 Å². The molecule has 0 N–H and O–H groups in total. The quantitative estimate of drug-likeness (QED) is 0.425. The van der Waals surface area contributed by atoms with Crippen LogP contribution in [0.2, 0.25) is 5.15 Å². The molecule has 0 saturated heterocycles. The van der Waals surface area contributed by atoms with Gasteiger partial charge in [0, 0.05) is 41.6 Å². The summed E-state index contributed by atoms with van der Waals surface area (Å²) in [6.45, 7) is 1.94. The van der Waals surface area contributed by atoms with E-state index in [-0.39, 0.29) is 35.3 Å². The number of pyridine rings is 1. The predicted molar refractivity (Wildman–Crippen MR) is 110 cm³/mol. The van der Waals surface area contributed by atoms with Crippen LogP contribution < -0.4 is 4.90 Å². The number of hydrogen-bond acceptors (Lipinski definition) is 6. The molecule has 12 heteroatoms. The molecule has 2 unspecified atom stereocenters. The fourth-order valence-corrected chi connectivity index (χ4v) is 4.49. The molecule has 0 aliphatic heterocycles. The summed E-state index contributed by atoms with van der Waals surface area (Å²) >= 11 is 6.25. The fraction of sp³-hybridized carbons (Fsp3) is 0.444. The van der Waals surface area contributed by atoms with E-state index >= 15 is 0 Å². The lowest BCUT2D eigenvalue weighted by Gasteiger charge is -2.20. The zero-order chi connectivity index (χ0) is 21.9. The summed E-state index contributed by atoms with van der Waals surface area (Å²) in [5.41, 5.74) is 0.814. The van der Waals surface area contributed by atoms with Crippen LogP contribution in [-0.4, -0.2) is 61.7 Å². The van der Waals surface area contributed by atoms with E-state index in [0.717, 1.165) is 0 Å². The Morgan fingerprint density at radius 3 is 2.83 bits per heavy atom. The summed E-state index contributed by atoms with van der Waals surface area (Å²) in [5.74, 6) is -4.80. The Balaban J connectivity index is 1.79. The standard InChI is InChI=1S/C18H20ClF2N5O3S/c1-3-25(15-9-26(23-16(15)19)13-5-4-6-22-8-13)17(27)14(24-29-2)11-30(28)10-12-7-18(12,20)21/h4-6,8-9,12H,3,7,10-11H2,1-2H3/b24-14+. The highest BCUT2D eigenvalue weighted by molar-refractivity contribution is 7.85. The lowest BCUT2D eigenvalue weighted by atomic mass is 10.3. The van der Waals surface area contributed by atoms with Crippen LogP contribution in [0.25, 0.3) is 5.69 Å². The molecular formula is C18H20ClF2N5O3S. The Morgan fingerprint density at radius 2 is 2.27 bits per heavy atom. The van der Waals surface area contributed by atoms with Gasteiger partial charge in [0.15, 0.2) is 10.9 Å². The predicted octanol–water partition coefficient (Wildman–Crippen LogP) is 2.68. The molecule has 8 nitrogen and oxygen atoms in total. The lowest BCUT2D eigenvalue weighted by Crippen LogP contribution is -2.39. The molecule has 1 amide bonds. The molecule has 0 aromatic carbocycles. The minimum absolute atomic E-state index is 0.0737. The van der Waals surface area contributed by atoms with Gasteiger partial charge < -0.3 is 9.74 Å². The summed E-state index contributed by atoms with van der Waals surface area (Å²) < 4.78 is 40.0. The van der Waals surface area contributed by atoms with Crippen molar-refractivity contribution >= 4 is 39.7 Å². The van der Waals surface area contributed by atoms with E-state index in [9.17, 15) is 17.8 Å². The van der Waals surface area contributed by atoms with Crippen LogP contribution in [0.4, 0.5) is 14.5 Å². The number of rotatable bonds is 9. The smallest absolute Gasteiger partial charge is 0.277 e. The van der Waals surface area contributed by atoms with Gasteiger partial charge in [-0.25, -0.2) is 13.5 Å². The number of halogens is 3. The number of carbonyl (C=O) groups excluding carboxylic acids is 1. The molecule has 0 radical (unpaired) electrons. The van der Waals surface area contributed by atoms with Crippen LogP contribution in [0, 0.1) is 5.92 Å². The van der Waals surface area contributed by atoms with Gasteiger partial charge in [0.25, 0.3) is 11.8 Å². The van der Waals surface area contributed by atoms with Crippen LogP contribution in [0.15, 0.2) is 35.9 Å². The second kappa shape index (κ2) is 9.17. The Labute approximate surface area is 179 Å². The molecule has 2 atom stereocenters. The largest absolute Gasteiger partial charge is 0.399 e. The molecule has 0 bridgehead atoms. The van der Waals surface area contributed by atoms with Crippen molar-refractivity contribution in [1.29, 1.82) is 0 Å². The topological polar surface area (TPSA) is 89.7 Å². The van der Waals surface area contributed by atoms with Crippen molar-refractivity contribution < 1.29 is 22.6 Å². The van der Waals surface area contributed by atoms with Gasteiger partial charge in [0.1, 0.15) is 12.8 Å². The van der Waals surface area contributed by atoms with E-state index in [0.29, 0.717) is 11.4 Å². The lowest BCUT2D eigenvalue weighted by molar-refractivity contribution is -0.112. The first-order chi connectivity index (χ1) is 14.3. The number of alkyl halides is 2. The highest BCUT2D eigenvalue weighted by atomic mass is 35.5. The second-order valence-corrected chi connectivity index (χ2v) is 8.50. The highest BCUT2D eigenvalue weighted by Gasteiger charge is 2.57. The first-order valence-corrected chi connectivity index (χ1v) is 10.9. The maximum atomic E-state index is 13.1. The average Bonchev–Trinajstić information content (AvgIpc) is 3.12. The number of carbonyl (C=O) groups is 1. The maximum absolute atomic E-state index is 13.1. The third-order valence-corrected chi connectivity index (χ3v) is 6.14. The molecule has 162 valence electrons. The number of anilines is 1. The third kappa shape index (κ3) is 5.01. The normalized spacial score (nSPS) is 18.7. The second-order valence-electron chi connectivity index (χ2n) is 6.64. The minimum atomic E-state index is -2.78. The van der Waals surface area contributed by atoms with Gasteiger partial charge in [0.2, 0.25) is 0 Å². The van der Waals surface area contributed by atoms with E-state index in [1.807, 2.05) is 0 Å². The van der Waals surface area contributed by atoms with Crippen molar-refractivity contribution in [2.24, 2.45) is 11.1 Å². The van der Waals surface area contributed by atoms with Crippen LogP contribution in [0.1, 0.15) is 13.3 Å². The summed E-state index contributed by atoms with van der Waals surface area (Å²) in [6, 6.07) is 3.50. The van der Waals surface area contributed by atoms with Crippen molar-refractivity contribution in [1.82, 2.24) is 14.8 Å². The SMILES string of the molecule is CCN(C(=O)/C(CS(=O)CC1CC1(F)F)=N/OC)c1cn(-c2cccnc2)nc1Cl. The van der Waals surface area contributed by atoms with Crippen molar-refractivity contribution in [2.45, 2.75) is 19.3 Å². The Hall–Kier alpha value is -2.40. The van der Waals surface area contributed by atoms with E-state index in [4.69, 9.17) is 16.4 Å². The van der Waals surface area contributed by atoms with Gasteiger partial charge in [-0.15, -0.1) is 0 Å². The summed E-state index contributed by atoms with van der Waals surface area (Å²) in [6.07, 6.45) is 4.48. The molecule has 2 aromatic heterocycles. The molecule has 1 saturated carbocycles. The zero-order valence-electron chi connectivity index (χ0n) is 16.3. The van der Waals surface area contributed by atoms with Gasteiger partial charge in [-0.3, -0.25) is 14.0 Å². The first kappa shape index (κ1) is 22.3. The Kier molecular flexibility index (Phi) is 6.81. The zero-order valence-corrected chi connectivity index (χ0v) is 17.9. The molecule has 0 spiro atoms. The van der Waals surface area contributed by atoms with Crippen molar-refractivity contribution in [3.8, 4) is 5.69 Å². The first-order valence-electron chi connectivity index (χ1n) is 9.07. The monoisotopic (exact) mass is 459 g/mol.